The molecule has 0 saturated carbocycles. The molecule has 0 saturated heterocycles. The zero-order valence-corrected chi connectivity index (χ0v) is 15.0. The van der Waals surface area contributed by atoms with Crippen LogP contribution in [0, 0.1) is 9.39 Å². The van der Waals surface area contributed by atoms with Gasteiger partial charge in [0.1, 0.15) is 11.9 Å². The summed E-state index contributed by atoms with van der Waals surface area (Å²) in [4.78, 5) is 11.2. The fourth-order valence-electron chi connectivity index (χ4n) is 1.98. The summed E-state index contributed by atoms with van der Waals surface area (Å²) < 4.78 is 40.4. The van der Waals surface area contributed by atoms with Crippen LogP contribution in [0.5, 0.6) is 0 Å². The summed E-state index contributed by atoms with van der Waals surface area (Å²) in [6.07, 6.45) is 0. The molecule has 122 valence electrons. The van der Waals surface area contributed by atoms with Gasteiger partial charge in [-0.15, -0.1) is 0 Å². The van der Waals surface area contributed by atoms with Crippen LogP contribution in [0.15, 0.2) is 53.4 Å². The molecule has 5 nitrogen and oxygen atoms in total. The molecule has 0 aliphatic rings. The quantitative estimate of drug-likeness (QED) is 0.713. The Bertz CT molecular complexity index is 806. The van der Waals surface area contributed by atoms with E-state index in [0.29, 0.717) is 0 Å². The zero-order chi connectivity index (χ0) is 17.2. The minimum absolute atomic E-state index is 0.175. The van der Waals surface area contributed by atoms with Crippen molar-refractivity contribution >= 4 is 44.3 Å². The van der Waals surface area contributed by atoms with Crippen molar-refractivity contribution in [2.75, 3.05) is 4.31 Å². The van der Waals surface area contributed by atoms with Crippen LogP contribution in [0.25, 0.3) is 0 Å². The predicted octanol–water partition coefficient (Wildman–Crippen LogP) is 3.10. The van der Waals surface area contributed by atoms with Gasteiger partial charge < -0.3 is 5.11 Å². The highest BCUT2D eigenvalue weighted by Crippen LogP contribution is 2.27. The van der Waals surface area contributed by atoms with Gasteiger partial charge in [0.2, 0.25) is 0 Å². The summed E-state index contributed by atoms with van der Waals surface area (Å²) >= 11 is 2.06. The van der Waals surface area contributed by atoms with E-state index >= 15 is 0 Å². The molecule has 0 spiro atoms. The van der Waals surface area contributed by atoms with Crippen molar-refractivity contribution in [3.63, 3.8) is 0 Å². The predicted molar refractivity (Wildman–Crippen MR) is 92.3 cm³/mol. The lowest BCUT2D eigenvalue weighted by Crippen LogP contribution is -2.43. The molecule has 0 heterocycles. The largest absolute Gasteiger partial charge is 0.480 e. The number of rotatable bonds is 5. The van der Waals surface area contributed by atoms with Gasteiger partial charge in [-0.3, -0.25) is 4.31 Å². The molecule has 2 aromatic rings. The van der Waals surface area contributed by atoms with Crippen molar-refractivity contribution in [3.8, 4) is 0 Å². The van der Waals surface area contributed by atoms with Crippen molar-refractivity contribution in [2.24, 2.45) is 0 Å². The molecular formula is C15H13FINO4S. The maximum absolute atomic E-state index is 13.0. The monoisotopic (exact) mass is 449 g/mol. The number of carboxylic acid groups (broad SMARTS) is 1. The van der Waals surface area contributed by atoms with E-state index in [4.69, 9.17) is 0 Å². The summed E-state index contributed by atoms with van der Waals surface area (Å²) in [5, 5.41) is 9.26. The van der Waals surface area contributed by atoms with Crippen molar-refractivity contribution in [2.45, 2.75) is 17.9 Å². The topological polar surface area (TPSA) is 74.7 Å². The number of nitrogens with zero attached hydrogens (tertiary/aromatic N) is 1. The normalized spacial score (nSPS) is 12.7. The highest BCUT2D eigenvalue weighted by molar-refractivity contribution is 14.1. The summed E-state index contributed by atoms with van der Waals surface area (Å²) in [5.74, 6) is -1.86. The Balaban J connectivity index is 2.58. The van der Waals surface area contributed by atoms with Crippen LogP contribution in [0.2, 0.25) is 0 Å². The lowest BCUT2D eigenvalue weighted by Gasteiger charge is -2.28. The highest BCUT2D eigenvalue weighted by Gasteiger charge is 2.33. The maximum atomic E-state index is 13.0. The van der Waals surface area contributed by atoms with Gasteiger partial charge in [0.25, 0.3) is 10.0 Å². The van der Waals surface area contributed by atoms with E-state index < -0.39 is 27.9 Å². The van der Waals surface area contributed by atoms with Crippen LogP contribution in [0.3, 0.4) is 0 Å². The minimum atomic E-state index is -4.14. The summed E-state index contributed by atoms with van der Waals surface area (Å²) in [6.45, 7) is 1.28. The summed E-state index contributed by atoms with van der Waals surface area (Å²) in [6, 6.07) is 9.36. The van der Waals surface area contributed by atoms with Crippen LogP contribution < -0.4 is 4.31 Å². The average Bonchev–Trinajstić information content (AvgIpc) is 2.49. The number of aliphatic carboxylic acids is 1. The van der Waals surface area contributed by atoms with Crippen molar-refractivity contribution in [1.29, 1.82) is 0 Å². The van der Waals surface area contributed by atoms with Gasteiger partial charge in [-0.25, -0.2) is 17.6 Å². The number of carbonyl (C=O) groups is 1. The van der Waals surface area contributed by atoms with E-state index in [1.807, 2.05) is 0 Å². The van der Waals surface area contributed by atoms with E-state index in [0.717, 1.165) is 32.1 Å². The van der Waals surface area contributed by atoms with Crippen molar-refractivity contribution in [1.82, 2.24) is 0 Å². The first kappa shape index (κ1) is 17.7. The van der Waals surface area contributed by atoms with Gasteiger partial charge in [0, 0.05) is 3.57 Å². The minimum Gasteiger partial charge on any atom is -0.480 e. The molecule has 1 unspecified atom stereocenters. The van der Waals surface area contributed by atoms with Crippen LogP contribution in [-0.4, -0.2) is 25.5 Å². The summed E-state index contributed by atoms with van der Waals surface area (Å²) in [7, 11) is -4.14. The molecule has 0 fully saturated rings. The SMILES string of the molecule is CC(C(=O)O)N(c1ccc(I)cc1)S(=O)(=O)c1ccc(F)cc1. The second-order valence-corrected chi connectivity index (χ2v) is 7.81. The smallest absolute Gasteiger partial charge is 0.327 e. The Morgan fingerprint density at radius 2 is 1.65 bits per heavy atom. The average molecular weight is 449 g/mol. The lowest BCUT2D eigenvalue weighted by atomic mass is 10.2. The Hall–Kier alpha value is -1.68. The first-order valence-electron chi connectivity index (χ1n) is 6.52. The number of hydrogen-bond donors (Lipinski definition) is 1. The molecule has 8 heteroatoms. The number of halogens is 2. The van der Waals surface area contributed by atoms with Gasteiger partial charge in [-0.1, -0.05) is 0 Å². The number of anilines is 1. The second-order valence-electron chi connectivity index (χ2n) is 4.75. The molecule has 23 heavy (non-hydrogen) atoms. The number of hydrogen-bond acceptors (Lipinski definition) is 3. The standard InChI is InChI=1S/C15H13FINO4S/c1-10(15(19)20)18(13-6-4-12(17)5-7-13)23(21,22)14-8-2-11(16)3-9-14/h2-10H,1H3,(H,19,20). The lowest BCUT2D eigenvalue weighted by molar-refractivity contribution is -0.137. The third-order valence-corrected chi connectivity index (χ3v) is 5.79. The number of carboxylic acids is 1. The van der Waals surface area contributed by atoms with Crippen LogP contribution in [0.4, 0.5) is 10.1 Å². The fourth-order valence-corrected chi connectivity index (χ4v) is 3.95. The third kappa shape index (κ3) is 3.81. The number of sulfonamides is 1. The molecule has 0 bridgehead atoms. The molecular weight excluding hydrogens is 436 g/mol. The Kier molecular flexibility index (Phi) is 5.25. The van der Waals surface area contributed by atoms with Crippen molar-refractivity contribution < 1.29 is 22.7 Å². The first-order chi connectivity index (χ1) is 10.7. The van der Waals surface area contributed by atoms with Crippen LogP contribution in [-0.2, 0) is 14.8 Å². The van der Waals surface area contributed by atoms with Gasteiger partial charge in [-0.2, -0.15) is 0 Å². The van der Waals surface area contributed by atoms with Gasteiger partial charge in [0.15, 0.2) is 0 Å². The van der Waals surface area contributed by atoms with Gasteiger partial charge in [0.05, 0.1) is 10.6 Å². The van der Waals surface area contributed by atoms with E-state index in [1.54, 1.807) is 12.1 Å². The molecule has 2 aromatic carbocycles. The second kappa shape index (κ2) is 6.83. The molecule has 0 radical (unpaired) electrons. The molecule has 1 atom stereocenters. The molecule has 1 N–H and O–H groups in total. The Morgan fingerprint density at radius 1 is 1.13 bits per heavy atom. The Morgan fingerprint density at radius 3 is 2.13 bits per heavy atom. The zero-order valence-electron chi connectivity index (χ0n) is 12.0. The van der Waals surface area contributed by atoms with E-state index in [1.165, 1.54) is 19.1 Å². The highest BCUT2D eigenvalue weighted by atomic mass is 127. The first-order valence-corrected chi connectivity index (χ1v) is 9.04. The third-order valence-electron chi connectivity index (χ3n) is 3.16. The van der Waals surface area contributed by atoms with Gasteiger partial charge in [-0.05, 0) is 78.0 Å². The van der Waals surface area contributed by atoms with Crippen molar-refractivity contribution in [3.05, 3.63) is 57.9 Å². The van der Waals surface area contributed by atoms with E-state index in [2.05, 4.69) is 22.6 Å². The number of benzene rings is 2. The maximum Gasteiger partial charge on any atom is 0.327 e. The summed E-state index contributed by atoms with van der Waals surface area (Å²) in [5.41, 5.74) is 0.227. The molecule has 0 aliphatic carbocycles. The molecule has 0 amide bonds. The Labute approximate surface area is 146 Å². The molecule has 0 aliphatic heterocycles. The van der Waals surface area contributed by atoms with Gasteiger partial charge >= 0.3 is 5.97 Å². The fraction of sp³-hybridized carbons (Fsp3) is 0.133. The van der Waals surface area contributed by atoms with Crippen LogP contribution in [0.1, 0.15) is 6.92 Å². The van der Waals surface area contributed by atoms with E-state index in [-0.39, 0.29) is 10.6 Å². The molecule has 0 aromatic heterocycles. The van der Waals surface area contributed by atoms with Crippen LogP contribution >= 0.6 is 22.6 Å². The van der Waals surface area contributed by atoms with E-state index in [9.17, 15) is 22.7 Å². The molecule has 2 rings (SSSR count).